The van der Waals surface area contributed by atoms with Gasteiger partial charge in [0.25, 0.3) is 5.91 Å². The van der Waals surface area contributed by atoms with Gasteiger partial charge in [-0.25, -0.2) is 9.67 Å². The Balaban J connectivity index is 1.78. The molecule has 25 heavy (non-hydrogen) atoms. The van der Waals surface area contributed by atoms with Crippen LogP contribution < -0.4 is 10.1 Å². The molecule has 1 N–H and O–H groups in total. The average Bonchev–Trinajstić information content (AvgIpc) is 3.04. The number of nitrogens with one attached hydrogen (secondary N) is 1. The predicted octanol–water partition coefficient (Wildman–Crippen LogP) is 3.08. The first-order valence-electron chi connectivity index (χ1n) is 8.01. The second kappa shape index (κ2) is 7.17. The van der Waals surface area contributed by atoms with Crippen molar-refractivity contribution in [3.05, 3.63) is 71.7 Å². The summed E-state index contributed by atoms with van der Waals surface area (Å²) in [6, 6.07) is 13.0. The number of hydrogen-bond donors (Lipinski definition) is 1. The van der Waals surface area contributed by atoms with E-state index in [2.05, 4.69) is 15.4 Å². The molecule has 2 heterocycles. The molecule has 0 saturated carbocycles. The largest absolute Gasteiger partial charge is 0.481 e. The number of rotatable bonds is 5. The quantitative estimate of drug-likeness (QED) is 0.777. The summed E-state index contributed by atoms with van der Waals surface area (Å²) in [5, 5.41) is 7.44. The lowest BCUT2D eigenvalue weighted by molar-refractivity contribution is 0.0939. The number of nitrogens with zero attached hydrogens (tertiary/aromatic N) is 3. The minimum Gasteiger partial charge on any atom is -0.481 e. The lowest BCUT2D eigenvalue weighted by Gasteiger charge is -2.14. The minimum absolute atomic E-state index is 0.177. The maximum absolute atomic E-state index is 12.5. The van der Waals surface area contributed by atoms with Crippen LogP contribution in [0.4, 0.5) is 0 Å². The molecule has 0 spiro atoms. The van der Waals surface area contributed by atoms with Crippen LogP contribution in [0.15, 0.2) is 54.9 Å². The van der Waals surface area contributed by atoms with Crippen molar-refractivity contribution in [1.82, 2.24) is 20.1 Å². The number of para-hydroxylation sites is 1. The van der Waals surface area contributed by atoms with Crippen LogP contribution in [0, 0.1) is 6.92 Å². The van der Waals surface area contributed by atoms with Gasteiger partial charge in [-0.2, -0.15) is 5.10 Å². The van der Waals surface area contributed by atoms with E-state index >= 15 is 0 Å². The minimum atomic E-state index is -0.180. The first-order chi connectivity index (χ1) is 12.1. The number of hydrogen-bond acceptors (Lipinski definition) is 4. The standard InChI is InChI=1S/C19H20N4O2/c1-13(22-19(24)15-9-10-20-18(11-15)25-3)17-12-21-23(14(17)2)16-7-5-4-6-8-16/h4-13H,1-3H3,(H,22,24)/t13-/m0/s1. The van der Waals surface area contributed by atoms with E-state index in [1.54, 1.807) is 24.5 Å². The van der Waals surface area contributed by atoms with Gasteiger partial charge in [0.15, 0.2) is 0 Å². The highest BCUT2D eigenvalue weighted by Gasteiger charge is 2.17. The highest BCUT2D eigenvalue weighted by molar-refractivity contribution is 5.94. The Morgan fingerprint density at radius 1 is 1.24 bits per heavy atom. The van der Waals surface area contributed by atoms with Crippen LogP contribution in [0.3, 0.4) is 0 Å². The van der Waals surface area contributed by atoms with Crippen molar-refractivity contribution in [3.63, 3.8) is 0 Å². The zero-order valence-electron chi connectivity index (χ0n) is 14.4. The van der Waals surface area contributed by atoms with Crippen LogP contribution in [-0.4, -0.2) is 27.8 Å². The molecule has 6 heteroatoms. The summed E-state index contributed by atoms with van der Waals surface area (Å²) < 4.78 is 6.93. The Morgan fingerprint density at radius 2 is 2.00 bits per heavy atom. The van der Waals surface area contributed by atoms with Crippen LogP contribution in [0.25, 0.3) is 5.69 Å². The van der Waals surface area contributed by atoms with Gasteiger partial charge in [-0.1, -0.05) is 18.2 Å². The number of aromatic nitrogens is 3. The molecule has 0 aliphatic rings. The van der Waals surface area contributed by atoms with E-state index < -0.39 is 0 Å². The number of pyridine rings is 1. The molecule has 6 nitrogen and oxygen atoms in total. The maximum Gasteiger partial charge on any atom is 0.252 e. The molecule has 128 valence electrons. The van der Waals surface area contributed by atoms with E-state index in [1.165, 1.54) is 7.11 Å². The van der Waals surface area contributed by atoms with Crippen molar-refractivity contribution in [1.29, 1.82) is 0 Å². The number of methoxy groups -OCH3 is 1. The molecule has 1 atom stereocenters. The highest BCUT2D eigenvalue weighted by atomic mass is 16.5. The van der Waals surface area contributed by atoms with E-state index in [0.717, 1.165) is 16.9 Å². The van der Waals surface area contributed by atoms with Crippen LogP contribution in [0.1, 0.15) is 34.6 Å². The zero-order chi connectivity index (χ0) is 17.8. The summed E-state index contributed by atoms with van der Waals surface area (Å²) >= 11 is 0. The van der Waals surface area contributed by atoms with Gasteiger partial charge < -0.3 is 10.1 Å². The number of carbonyl (C=O) groups excluding carboxylic acids is 1. The second-order valence-corrected chi connectivity index (χ2v) is 5.71. The van der Waals surface area contributed by atoms with E-state index in [1.807, 2.05) is 48.9 Å². The number of carbonyl (C=O) groups is 1. The van der Waals surface area contributed by atoms with Gasteiger partial charge in [0.2, 0.25) is 5.88 Å². The molecule has 3 aromatic rings. The summed E-state index contributed by atoms with van der Waals surface area (Å²) in [7, 11) is 1.52. The van der Waals surface area contributed by atoms with Gasteiger partial charge in [-0.3, -0.25) is 4.79 Å². The molecular formula is C19H20N4O2. The van der Waals surface area contributed by atoms with E-state index in [9.17, 15) is 4.79 Å². The topological polar surface area (TPSA) is 69.0 Å². The highest BCUT2D eigenvalue weighted by Crippen LogP contribution is 2.20. The van der Waals surface area contributed by atoms with Crippen molar-refractivity contribution < 1.29 is 9.53 Å². The zero-order valence-corrected chi connectivity index (χ0v) is 14.4. The van der Waals surface area contributed by atoms with Crippen molar-refractivity contribution in [2.75, 3.05) is 7.11 Å². The van der Waals surface area contributed by atoms with Crippen LogP contribution >= 0.6 is 0 Å². The fraction of sp³-hybridized carbons (Fsp3) is 0.211. The van der Waals surface area contributed by atoms with Gasteiger partial charge in [0, 0.05) is 29.1 Å². The van der Waals surface area contributed by atoms with Gasteiger partial charge in [0.05, 0.1) is 25.0 Å². The third-order valence-corrected chi connectivity index (χ3v) is 4.07. The van der Waals surface area contributed by atoms with Gasteiger partial charge in [-0.05, 0) is 32.0 Å². The Labute approximate surface area is 146 Å². The summed E-state index contributed by atoms with van der Waals surface area (Å²) in [6.45, 7) is 3.93. The number of ether oxygens (including phenoxy) is 1. The summed E-state index contributed by atoms with van der Waals surface area (Å²) in [6.07, 6.45) is 3.34. The summed E-state index contributed by atoms with van der Waals surface area (Å²) in [4.78, 5) is 16.5. The third kappa shape index (κ3) is 3.52. The second-order valence-electron chi connectivity index (χ2n) is 5.71. The Kier molecular flexibility index (Phi) is 4.79. The van der Waals surface area contributed by atoms with Crippen molar-refractivity contribution in [2.24, 2.45) is 0 Å². The number of benzene rings is 1. The molecule has 0 unspecified atom stereocenters. The average molecular weight is 336 g/mol. The molecule has 0 fully saturated rings. The number of amides is 1. The van der Waals surface area contributed by atoms with Crippen molar-refractivity contribution in [2.45, 2.75) is 19.9 Å². The Morgan fingerprint density at radius 3 is 2.72 bits per heavy atom. The van der Waals surface area contributed by atoms with Gasteiger partial charge in [-0.15, -0.1) is 0 Å². The van der Waals surface area contributed by atoms with Crippen LogP contribution in [-0.2, 0) is 0 Å². The molecule has 0 aliphatic heterocycles. The predicted molar refractivity (Wildman–Crippen MR) is 95.0 cm³/mol. The monoisotopic (exact) mass is 336 g/mol. The van der Waals surface area contributed by atoms with Crippen LogP contribution in [0.2, 0.25) is 0 Å². The molecule has 0 radical (unpaired) electrons. The summed E-state index contributed by atoms with van der Waals surface area (Å²) in [5.41, 5.74) is 3.46. The van der Waals surface area contributed by atoms with Crippen molar-refractivity contribution in [3.8, 4) is 11.6 Å². The van der Waals surface area contributed by atoms with E-state index in [-0.39, 0.29) is 11.9 Å². The molecule has 1 amide bonds. The lowest BCUT2D eigenvalue weighted by Crippen LogP contribution is -2.27. The van der Waals surface area contributed by atoms with E-state index in [0.29, 0.717) is 11.4 Å². The summed E-state index contributed by atoms with van der Waals surface area (Å²) in [5.74, 6) is 0.230. The molecule has 2 aromatic heterocycles. The lowest BCUT2D eigenvalue weighted by atomic mass is 10.1. The SMILES string of the molecule is COc1cc(C(=O)N[C@@H](C)c2cnn(-c3ccccc3)c2C)ccn1. The van der Waals surface area contributed by atoms with Crippen LogP contribution in [0.5, 0.6) is 5.88 Å². The van der Waals surface area contributed by atoms with Crippen molar-refractivity contribution >= 4 is 5.91 Å². The smallest absolute Gasteiger partial charge is 0.252 e. The van der Waals surface area contributed by atoms with Gasteiger partial charge >= 0.3 is 0 Å². The fourth-order valence-electron chi connectivity index (χ4n) is 2.70. The molecule has 0 aliphatic carbocycles. The molecule has 1 aromatic carbocycles. The third-order valence-electron chi connectivity index (χ3n) is 4.07. The first-order valence-corrected chi connectivity index (χ1v) is 8.01. The Bertz CT molecular complexity index is 874. The molecule has 0 saturated heterocycles. The molecular weight excluding hydrogens is 316 g/mol. The maximum atomic E-state index is 12.5. The Hall–Kier alpha value is -3.15. The normalized spacial score (nSPS) is 11.8. The molecule has 0 bridgehead atoms. The first kappa shape index (κ1) is 16.7. The molecule has 3 rings (SSSR count). The van der Waals surface area contributed by atoms with E-state index in [4.69, 9.17) is 4.74 Å². The van der Waals surface area contributed by atoms with Gasteiger partial charge in [0.1, 0.15) is 0 Å². The fourth-order valence-corrected chi connectivity index (χ4v) is 2.70.